The van der Waals surface area contributed by atoms with Gasteiger partial charge in [-0.25, -0.2) is 4.39 Å². The summed E-state index contributed by atoms with van der Waals surface area (Å²) in [6.45, 7) is 0. The first-order chi connectivity index (χ1) is 8.08. The van der Waals surface area contributed by atoms with Crippen LogP contribution in [0.3, 0.4) is 0 Å². The third-order valence-electron chi connectivity index (χ3n) is 2.23. The number of benzene rings is 1. The molecule has 0 aliphatic rings. The number of halogens is 3. The van der Waals surface area contributed by atoms with Gasteiger partial charge in [0.15, 0.2) is 5.78 Å². The van der Waals surface area contributed by atoms with Crippen LogP contribution in [0.4, 0.5) is 4.39 Å². The molecule has 5 heteroatoms. The molecule has 88 valence electrons. The van der Waals surface area contributed by atoms with Gasteiger partial charge in [-0.05, 0) is 39.7 Å². The number of ketones is 1. The van der Waals surface area contributed by atoms with Crippen molar-refractivity contribution in [1.82, 2.24) is 0 Å². The maximum Gasteiger partial charge on any atom is 0.177 e. The normalized spacial score (nSPS) is 10.5. The van der Waals surface area contributed by atoms with Gasteiger partial charge in [-0.2, -0.15) is 0 Å². The Morgan fingerprint density at radius 2 is 2.12 bits per heavy atom. The van der Waals surface area contributed by atoms with Crippen LogP contribution < -0.4 is 0 Å². The van der Waals surface area contributed by atoms with Crippen LogP contribution in [0.1, 0.15) is 15.2 Å². The number of rotatable bonds is 3. The lowest BCUT2D eigenvalue weighted by Gasteiger charge is -2.02. The number of thiophene rings is 1. The van der Waals surface area contributed by atoms with E-state index in [4.69, 9.17) is 11.6 Å². The molecule has 0 N–H and O–H groups in total. The van der Waals surface area contributed by atoms with E-state index in [2.05, 4.69) is 15.9 Å². The molecule has 2 rings (SSSR count). The van der Waals surface area contributed by atoms with E-state index in [1.807, 2.05) is 0 Å². The minimum atomic E-state index is -0.516. The summed E-state index contributed by atoms with van der Waals surface area (Å²) >= 11 is 10.3. The fourth-order valence-electron chi connectivity index (χ4n) is 1.41. The van der Waals surface area contributed by atoms with Crippen molar-refractivity contribution in [3.05, 3.63) is 55.4 Å². The summed E-state index contributed by atoms with van der Waals surface area (Å²) in [6.07, 6.45) is 0.0271. The summed E-state index contributed by atoms with van der Waals surface area (Å²) in [6, 6.07) is 8.19. The van der Waals surface area contributed by atoms with Gasteiger partial charge < -0.3 is 0 Å². The first kappa shape index (κ1) is 12.7. The van der Waals surface area contributed by atoms with Crippen LogP contribution in [0.5, 0.6) is 0 Å². The number of hydrogen-bond donors (Lipinski definition) is 0. The Kier molecular flexibility index (Phi) is 3.97. The Labute approximate surface area is 115 Å². The SMILES string of the molecule is O=C(Cc1cccc(Cl)c1F)c1ccc(Br)s1. The first-order valence-corrected chi connectivity index (χ1v) is 6.78. The molecule has 0 spiro atoms. The van der Waals surface area contributed by atoms with E-state index in [9.17, 15) is 9.18 Å². The van der Waals surface area contributed by atoms with Gasteiger partial charge in [-0.1, -0.05) is 23.7 Å². The van der Waals surface area contributed by atoms with Crippen LogP contribution >= 0.6 is 38.9 Å². The van der Waals surface area contributed by atoms with Gasteiger partial charge in [0.25, 0.3) is 0 Å². The summed E-state index contributed by atoms with van der Waals surface area (Å²) < 4.78 is 14.5. The maximum atomic E-state index is 13.6. The molecular formula is C12H7BrClFOS. The van der Waals surface area contributed by atoms with Crippen molar-refractivity contribution in [1.29, 1.82) is 0 Å². The molecule has 0 unspecified atom stereocenters. The quantitative estimate of drug-likeness (QED) is 0.742. The van der Waals surface area contributed by atoms with Gasteiger partial charge in [0.1, 0.15) is 5.82 Å². The van der Waals surface area contributed by atoms with Crippen LogP contribution in [0.25, 0.3) is 0 Å². The number of carbonyl (C=O) groups excluding carboxylic acids is 1. The second-order valence-corrected chi connectivity index (χ2v) is 6.29. The second-order valence-electron chi connectivity index (χ2n) is 3.42. The Balaban J connectivity index is 2.21. The van der Waals surface area contributed by atoms with Gasteiger partial charge in [-0.3, -0.25) is 4.79 Å². The molecule has 0 amide bonds. The van der Waals surface area contributed by atoms with Crippen molar-refractivity contribution in [3.8, 4) is 0 Å². The van der Waals surface area contributed by atoms with Crippen molar-refractivity contribution in [2.45, 2.75) is 6.42 Å². The Hall–Kier alpha value is -0.710. The number of carbonyl (C=O) groups is 1. The van der Waals surface area contributed by atoms with E-state index in [-0.39, 0.29) is 17.2 Å². The molecule has 0 radical (unpaired) electrons. The third kappa shape index (κ3) is 2.94. The summed E-state index contributed by atoms with van der Waals surface area (Å²) in [4.78, 5) is 12.5. The Morgan fingerprint density at radius 3 is 2.76 bits per heavy atom. The average Bonchev–Trinajstić information content (AvgIpc) is 2.72. The fraction of sp³-hybridized carbons (Fsp3) is 0.0833. The molecule has 0 saturated heterocycles. The molecule has 1 aromatic carbocycles. The zero-order valence-corrected chi connectivity index (χ0v) is 11.7. The van der Waals surface area contributed by atoms with Crippen molar-refractivity contribution >= 4 is 44.7 Å². The molecule has 0 aliphatic heterocycles. The summed E-state index contributed by atoms with van der Waals surface area (Å²) in [5, 5.41) is 0.0441. The van der Waals surface area contributed by atoms with Gasteiger partial charge in [-0.15, -0.1) is 11.3 Å². The van der Waals surface area contributed by atoms with Gasteiger partial charge >= 0.3 is 0 Å². The number of hydrogen-bond acceptors (Lipinski definition) is 2. The van der Waals surface area contributed by atoms with Crippen LogP contribution in [0, 0.1) is 5.82 Å². The first-order valence-electron chi connectivity index (χ1n) is 4.79. The maximum absolute atomic E-state index is 13.6. The molecule has 0 atom stereocenters. The van der Waals surface area contributed by atoms with Crippen LogP contribution in [0.15, 0.2) is 34.1 Å². The summed E-state index contributed by atoms with van der Waals surface area (Å²) in [5.41, 5.74) is 0.326. The van der Waals surface area contributed by atoms with Crippen molar-refractivity contribution < 1.29 is 9.18 Å². The zero-order valence-electron chi connectivity index (χ0n) is 8.54. The zero-order chi connectivity index (χ0) is 12.4. The lowest BCUT2D eigenvalue weighted by molar-refractivity contribution is 0.0995. The topological polar surface area (TPSA) is 17.1 Å². The second kappa shape index (κ2) is 5.29. The monoisotopic (exact) mass is 332 g/mol. The van der Waals surface area contributed by atoms with E-state index in [0.29, 0.717) is 10.4 Å². The molecule has 2 aromatic rings. The molecular weight excluding hydrogens is 327 g/mol. The van der Waals surface area contributed by atoms with E-state index in [1.54, 1.807) is 24.3 Å². The highest BCUT2D eigenvalue weighted by Crippen LogP contribution is 2.25. The van der Waals surface area contributed by atoms with E-state index >= 15 is 0 Å². The highest BCUT2D eigenvalue weighted by atomic mass is 79.9. The highest BCUT2D eigenvalue weighted by molar-refractivity contribution is 9.11. The largest absolute Gasteiger partial charge is 0.293 e. The molecule has 1 heterocycles. The van der Waals surface area contributed by atoms with Crippen LogP contribution in [-0.4, -0.2) is 5.78 Å². The average molecular weight is 334 g/mol. The van der Waals surface area contributed by atoms with Crippen molar-refractivity contribution in [2.24, 2.45) is 0 Å². The van der Waals surface area contributed by atoms with Gasteiger partial charge in [0.2, 0.25) is 0 Å². The van der Waals surface area contributed by atoms with Gasteiger partial charge in [0, 0.05) is 6.42 Å². The van der Waals surface area contributed by atoms with E-state index in [0.717, 1.165) is 3.79 Å². The smallest absolute Gasteiger partial charge is 0.177 e. The lowest BCUT2D eigenvalue weighted by Crippen LogP contribution is -2.03. The fourth-order valence-corrected chi connectivity index (χ4v) is 2.93. The standard InChI is InChI=1S/C12H7BrClFOS/c13-11-5-4-10(17-11)9(16)6-7-2-1-3-8(14)12(7)15/h1-5H,6H2. The summed E-state index contributed by atoms with van der Waals surface area (Å²) in [7, 11) is 0. The molecule has 17 heavy (non-hydrogen) atoms. The van der Waals surface area contributed by atoms with Crippen molar-refractivity contribution in [3.63, 3.8) is 0 Å². The van der Waals surface area contributed by atoms with Crippen LogP contribution in [0.2, 0.25) is 5.02 Å². The van der Waals surface area contributed by atoms with Crippen molar-refractivity contribution in [2.75, 3.05) is 0 Å². The van der Waals surface area contributed by atoms with Gasteiger partial charge in [0.05, 0.1) is 13.7 Å². The molecule has 0 saturated carbocycles. The minimum Gasteiger partial charge on any atom is -0.293 e. The van der Waals surface area contributed by atoms with E-state index < -0.39 is 5.82 Å². The Bertz CT molecular complexity index is 567. The highest BCUT2D eigenvalue weighted by Gasteiger charge is 2.13. The summed E-state index contributed by atoms with van der Waals surface area (Å²) in [5.74, 6) is -0.625. The molecule has 0 fully saturated rings. The van der Waals surface area contributed by atoms with Crippen LogP contribution in [-0.2, 0) is 6.42 Å². The minimum absolute atomic E-state index is 0.0271. The molecule has 0 aliphatic carbocycles. The number of Topliss-reactive ketones (excluding diaryl/α,β-unsaturated/α-hetero) is 1. The lowest BCUT2D eigenvalue weighted by atomic mass is 10.1. The molecule has 1 aromatic heterocycles. The van der Waals surface area contributed by atoms with E-state index in [1.165, 1.54) is 17.4 Å². The molecule has 1 nitrogen and oxygen atoms in total. The Morgan fingerprint density at radius 1 is 1.35 bits per heavy atom. The molecule has 0 bridgehead atoms. The predicted octanol–water partition coefficient (Wildman–Crippen LogP) is 4.73. The predicted molar refractivity (Wildman–Crippen MR) is 71.5 cm³/mol. The third-order valence-corrected chi connectivity index (χ3v) is 4.19.